The van der Waals surface area contributed by atoms with Crippen LogP contribution in [-0.4, -0.2) is 5.78 Å². The van der Waals surface area contributed by atoms with Gasteiger partial charge in [0, 0.05) is 5.92 Å². The van der Waals surface area contributed by atoms with Crippen molar-refractivity contribution >= 4 is 11.9 Å². The Bertz CT molecular complexity index is 413. The number of halogens is 3. The monoisotopic (exact) mass is 228 g/mol. The Morgan fingerprint density at radius 1 is 1.19 bits per heavy atom. The van der Waals surface area contributed by atoms with Gasteiger partial charge in [0.2, 0.25) is 0 Å². The van der Waals surface area contributed by atoms with Crippen LogP contribution in [0.15, 0.2) is 18.2 Å². The zero-order valence-corrected chi connectivity index (χ0v) is 8.93. The zero-order valence-electron chi connectivity index (χ0n) is 8.93. The van der Waals surface area contributed by atoms with Crippen molar-refractivity contribution in [3.63, 3.8) is 0 Å². The minimum absolute atomic E-state index is 0.116. The molecule has 0 atom stereocenters. The third-order valence-electron chi connectivity index (χ3n) is 2.02. The van der Waals surface area contributed by atoms with Gasteiger partial charge in [-0.1, -0.05) is 19.9 Å². The van der Waals surface area contributed by atoms with E-state index in [1.54, 1.807) is 13.8 Å². The molecular formula is C12H11F3O. The van der Waals surface area contributed by atoms with Crippen LogP contribution in [0.1, 0.15) is 19.4 Å². The second kappa shape index (κ2) is 4.96. The minimum Gasteiger partial charge on any atom is -0.295 e. The number of hydrogen-bond acceptors (Lipinski definition) is 1. The summed E-state index contributed by atoms with van der Waals surface area (Å²) >= 11 is 0. The van der Waals surface area contributed by atoms with Gasteiger partial charge in [-0.25, -0.2) is 13.2 Å². The van der Waals surface area contributed by atoms with E-state index in [1.807, 2.05) is 0 Å². The summed E-state index contributed by atoms with van der Waals surface area (Å²) < 4.78 is 38.2. The lowest BCUT2D eigenvalue weighted by atomic mass is 10.1. The highest BCUT2D eigenvalue weighted by Gasteiger charge is 2.09. The summed E-state index contributed by atoms with van der Waals surface area (Å²) in [4.78, 5) is 11.2. The second-order valence-corrected chi connectivity index (χ2v) is 3.69. The Balaban J connectivity index is 2.95. The molecule has 4 heteroatoms. The molecule has 86 valence electrons. The molecule has 0 aliphatic heterocycles. The first-order valence-electron chi connectivity index (χ1n) is 4.78. The van der Waals surface area contributed by atoms with Crippen LogP contribution < -0.4 is 0 Å². The Hall–Kier alpha value is -1.58. The van der Waals surface area contributed by atoms with Crippen molar-refractivity contribution in [2.24, 2.45) is 5.92 Å². The van der Waals surface area contributed by atoms with Crippen LogP contribution in [0.5, 0.6) is 0 Å². The topological polar surface area (TPSA) is 17.1 Å². The normalized spacial score (nSPS) is 11.4. The van der Waals surface area contributed by atoms with E-state index in [0.717, 1.165) is 12.1 Å². The van der Waals surface area contributed by atoms with E-state index in [-0.39, 0.29) is 17.3 Å². The molecule has 0 spiro atoms. The SMILES string of the molecule is CC(C)C(=O)/C=C/c1cc(F)c(F)c(F)c1. The van der Waals surface area contributed by atoms with Crippen LogP contribution in [0.2, 0.25) is 0 Å². The molecule has 1 nitrogen and oxygen atoms in total. The summed E-state index contributed by atoms with van der Waals surface area (Å²) in [7, 11) is 0. The number of allylic oxidation sites excluding steroid dienone is 1. The van der Waals surface area contributed by atoms with Crippen LogP contribution in [0.3, 0.4) is 0 Å². The molecule has 0 saturated carbocycles. The molecule has 1 aromatic rings. The van der Waals surface area contributed by atoms with Gasteiger partial charge in [-0.3, -0.25) is 4.79 Å². The summed E-state index contributed by atoms with van der Waals surface area (Å²) in [6.07, 6.45) is 2.48. The van der Waals surface area contributed by atoms with Gasteiger partial charge in [-0.2, -0.15) is 0 Å². The maximum Gasteiger partial charge on any atom is 0.194 e. The van der Waals surface area contributed by atoms with E-state index in [9.17, 15) is 18.0 Å². The maximum atomic E-state index is 12.8. The van der Waals surface area contributed by atoms with Crippen molar-refractivity contribution < 1.29 is 18.0 Å². The maximum absolute atomic E-state index is 12.8. The molecule has 0 saturated heterocycles. The number of carbonyl (C=O) groups is 1. The molecule has 16 heavy (non-hydrogen) atoms. The van der Waals surface area contributed by atoms with Crippen molar-refractivity contribution in [3.05, 3.63) is 41.2 Å². The molecule has 0 aliphatic rings. The van der Waals surface area contributed by atoms with Gasteiger partial charge < -0.3 is 0 Å². The molecule has 0 amide bonds. The highest BCUT2D eigenvalue weighted by atomic mass is 19.2. The first kappa shape index (κ1) is 12.5. The molecule has 0 fully saturated rings. The first-order chi connectivity index (χ1) is 7.41. The van der Waals surface area contributed by atoms with Gasteiger partial charge in [0.15, 0.2) is 23.2 Å². The molecule has 0 unspecified atom stereocenters. The molecule has 0 bridgehead atoms. The third kappa shape index (κ3) is 2.95. The van der Waals surface area contributed by atoms with Gasteiger partial charge >= 0.3 is 0 Å². The standard InChI is InChI=1S/C12H11F3O/c1-7(2)11(16)4-3-8-5-9(13)12(15)10(14)6-8/h3-7H,1-2H3/b4-3+. The van der Waals surface area contributed by atoms with Gasteiger partial charge in [0.25, 0.3) is 0 Å². The molecule has 0 aromatic heterocycles. The molecule has 0 radical (unpaired) electrons. The third-order valence-corrected chi connectivity index (χ3v) is 2.02. The van der Waals surface area contributed by atoms with E-state index in [0.29, 0.717) is 0 Å². The Morgan fingerprint density at radius 3 is 2.12 bits per heavy atom. The van der Waals surface area contributed by atoms with E-state index in [1.165, 1.54) is 12.2 Å². The predicted octanol–water partition coefficient (Wildman–Crippen LogP) is 3.34. The van der Waals surface area contributed by atoms with E-state index in [2.05, 4.69) is 0 Å². The van der Waals surface area contributed by atoms with Crippen LogP contribution in [0.4, 0.5) is 13.2 Å². The highest BCUT2D eigenvalue weighted by Crippen LogP contribution is 2.14. The van der Waals surface area contributed by atoms with Crippen LogP contribution in [0.25, 0.3) is 6.08 Å². The lowest BCUT2D eigenvalue weighted by molar-refractivity contribution is -0.117. The first-order valence-corrected chi connectivity index (χ1v) is 4.78. The van der Waals surface area contributed by atoms with E-state index < -0.39 is 17.5 Å². The average Bonchev–Trinajstić information content (AvgIpc) is 2.22. The number of rotatable bonds is 3. The number of benzene rings is 1. The van der Waals surface area contributed by atoms with Gasteiger partial charge in [0.05, 0.1) is 0 Å². The fraction of sp³-hybridized carbons (Fsp3) is 0.250. The Labute approximate surface area is 91.6 Å². The Kier molecular flexibility index (Phi) is 3.88. The van der Waals surface area contributed by atoms with Crippen LogP contribution in [0, 0.1) is 23.4 Å². The molecule has 1 rings (SSSR count). The Morgan fingerprint density at radius 2 is 1.69 bits per heavy atom. The van der Waals surface area contributed by atoms with Crippen LogP contribution in [-0.2, 0) is 4.79 Å². The smallest absolute Gasteiger partial charge is 0.194 e. The second-order valence-electron chi connectivity index (χ2n) is 3.69. The van der Waals surface area contributed by atoms with E-state index in [4.69, 9.17) is 0 Å². The van der Waals surface area contributed by atoms with Crippen LogP contribution >= 0.6 is 0 Å². The molecular weight excluding hydrogens is 217 g/mol. The van der Waals surface area contributed by atoms with Gasteiger partial charge in [0.1, 0.15) is 0 Å². The van der Waals surface area contributed by atoms with Gasteiger partial charge in [-0.15, -0.1) is 0 Å². The zero-order chi connectivity index (χ0) is 12.3. The molecule has 0 aliphatic carbocycles. The predicted molar refractivity (Wildman–Crippen MR) is 55.2 cm³/mol. The lowest BCUT2D eigenvalue weighted by Crippen LogP contribution is -2.01. The van der Waals surface area contributed by atoms with Crippen molar-refractivity contribution in [2.75, 3.05) is 0 Å². The lowest BCUT2D eigenvalue weighted by Gasteiger charge is -1.99. The van der Waals surface area contributed by atoms with Crippen molar-refractivity contribution in [2.45, 2.75) is 13.8 Å². The quantitative estimate of drug-likeness (QED) is 0.572. The fourth-order valence-electron chi connectivity index (χ4n) is 1.04. The highest BCUT2D eigenvalue weighted by molar-refractivity contribution is 5.94. The van der Waals surface area contributed by atoms with Crippen molar-refractivity contribution in [1.82, 2.24) is 0 Å². The largest absolute Gasteiger partial charge is 0.295 e. The summed E-state index contributed by atoms with van der Waals surface area (Å²) in [6, 6.07) is 1.67. The average molecular weight is 228 g/mol. The summed E-state index contributed by atoms with van der Waals surface area (Å²) in [5, 5.41) is 0. The van der Waals surface area contributed by atoms with Gasteiger partial charge in [-0.05, 0) is 23.8 Å². The van der Waals surface area contributed by atoms with E-state index >= 15 is 0 Å². The molecule has 0 N–H and O–H groups in total. The number of hydrogen-bond donors (Lipinski definition) is 0. The van der Waals surface area contributed by atoms with Crippen molar-refractivity contribution in [1.29, 1.82) is 0 Å². The van der Waals surface area contributed by atoms with Crippen molar-refractivity contribution in [3.8, 4) is 0 Å². The number of carbonyl (C=O) groups excluding carboxylic acids is 1. The summed E-state index contributed by atoms with van der Waals surface area (Å²) in [5.74, 6) is -4.39. The number of ketones is 1. The summed E-state index contributed by atoms with van der Waals surface area (Å²) in [5.41, 5.74) is 0.116. The molecule has 1 aromatic carbocycles. The minimum atomic E-state index is -1.51. The summed E-state index contributed by atoms with van der Waals surface area (Å²) in [6.45, 7) is 3.41. The fourth-order valence-corrected chi connectivity index (χ4v) is 1.04. The molecule has 0 heterocycles.